The first-order valence-electron chi connectivity index (χ1n) is 13.3. The van der Waals surface area contributed by atoms with Crippen LogP contribution in [-0.2, 0) is 25.1 Å². The van der Waals surface area contributed by atoms with Crippen LogP contribution in [-0.4, -0.2) is 46.2 Å². The van der Waals surface area contributed by atoms with Crippen molar-refractivity contribution >= 4 is 38.9 Å². The summed E-state index contributed by atoms with van der Waals surface area (Å²) < 4.78 is 38.9. The Balaban J connectivity index is 2.12. The third kappa shape index (κ3) is 7.44. The molecule has 2 aromatic rings. The molecule has 1 aliphatic heterocycles. The van der Waals surface area contributed by atoms with Gasteiger partial charge in [-0.25, -0.2) is 8.42 Å². The van der Waals surface area contributed by atoms with Crippen molar-refractivity contribution in [1.82, 2.24) is 0 Å². The molecule has 0 aromatic heterocycles. The molecule has 0 fully saturated rings. The minimum absolute atomic E-state index is 0.137. The minimum Gasteiger partial charge on any atom is -0.496 e. The number of carbonyl (C=O) groups excluding carboxylic acids is 1. The van der Waals surface area contributed by atoms with Crippen LogP contribution in [0.3, 0.4) is 0 Å². The van der Waals surface area contributed by atoms with Gasteiger partial charge in [0.2, 0.25) is 0 Å². The fourth-order valence-corrected chi connectivity index (χ4v) is 8.07. The number of unbranched alkanes of at least 4 members (excludes halogenated alkanes) is 2. The maximum absolute atomic E-state index is 14.1. The van der Waals surface area contributed by atoms with E-state index in [9.17, 15) is 13.2 Å². The van der Waals surface area contributed by atoms with E-state index in [1.54, 1.807) is 20.1 Å². The maximum atomic E-state index is 14.1. The SMILES string of the molecule is CCCCC1(CCCC)CN(c2ccccc2)c2cc(OC)c(CSCC(=O)OCC)cc2S(=O)(=O)C1. The summed E-state index contributed by atoms with van der Waals surface area (Å²) in [6.07, 6.45) is 5.80. The molecule has 0 radical (unpaired) electrons. The maximum Gasteiger partial charge on any atom is 0.315 e. The molecule has 1 heterocycles. The van der Waals surface area contributed by atoms with Crippen LogP contribution in [0, 0.1) is 5.41 Å². The summed E-state index contributed by atoms with van der Waals surface area (Å²) >= 11 is 1.40. The highest BCUT2D eigenvalue weighted by atomic mass is 32.2. The van der Waals surface area contributed by atoms with Crippen molar-refractivity contribution in [2.45, 2.75) is 69.9 Å². The fourth-order valence-electron chi connectivity index (χ4n) is 5.12. The Bertz CT molecular complexity index is 1130. The van der Waals surface area contributed by atoms with Gasteiger partial charge in [-0.15, -0.1) is 11.8 Å². The van der Waals surface area contributed by atoms with E-state index in [1.807, 2.05) is 36.4 Å². The number of nitrogens with zero attached hydrogens (tertiary/aromatic N) is 1. The molecule has 0 bridgehead atoms. The summed E-state index contributed by atoms with van der Waals surface area (Å²) in [6, 6.07) is 13.7. The predicted octanol–water partition coefficient (Wildman–Crippen LogP) is 6.78. The Labute approximate surface area is 227 Å². The Morgan fingerprint density at radius 3 is 2.32 bits per heavy atom. The summed E-state index contributed by atoms with van der Waals surface area (Å²) in [6.45, 7) is 7.08. The summed E-state index contributed by atoms with van der Waals surface area (Å²) in [5, 5.41) is 0. The molecule has 0 saturated heterocycles. The largest absolute Gasteiger partial charge is 0.496 e. The molecule has 3 rings (SSSR count). The molecule has 0 unspecified atom stereocenters. The second-order valence-electron chi connectivity index (χ2n) is 9.82. The number of para-hydroxylation sites is 1. The highest BCUT2D eigenvalue weighted by Crippen LogP contribution is 2.47. The average molecular weight is 548 g/mol. The van der Waals surface area contributed by atoms with E-state index < -0.39 is 9.84 Å². The van der Waals surface area contributed by atoms with Gasteiger partial charge in [0.15, 0.2) is 9.84 Å². The quantitative estimate of drug-likeness (QED) is 0.256. The van der Waals surface area contributed by atoms with Crippen molar-refractivity contribution in [2.24, 2.45) is 5.41 Å². The van der Waals surface area contributed by atoms with Crippen molar-refractivity contribution in [1.29, 1.82) is 0 Å². The van der Waals surface area contributed by atoms with Gasteiger partial charge in [0.25, 0.3) is 0 Å². The van der Waals surface area contributed by atoms with Gasteiger partial charge in [0.1, 0.15) is 5.75 Å². The van der Waals surface area contributed by atoms with Gasteiger partial charge in [0.05, 0.1) is 35.8 Å². The molecular weight excluding hydrogens is 506 g/mol. The van der Waals surface area contributed by atoms with Crippen LogP contribution in [0.2, 0.25) is 0 Å². The molecule has 8 heteroatoms. The topological polar surface area (TPSA) is 72.9 Å². The molecule has 0 atom stereocenters. The number of fused-ring (bicyclic) bond motifs is 1. The van der Waals surface area contributed by atoms with E-state index in [1.165, 1.54) is 11.8 Å². The third-order valence-corrected chi connectivity index (χ3v) is 9.89. The van der Waals surface area contributed by atoms with Crippen molar-refractivity contribution in [2.75, 3.05) is 36.7 Å². The van der Waals surface area contributed by atoms with Gasteiger partial charge in [-0.3, -0.25) is 4.79 Å². The Morgan fingerprint density at radius 2 is 1.73 bits per heavy atom. The lowest BCUT2D eigenvalue weighted by Gasteiger charge is -2.37. The van der Waals surface area contributed by atoms with Crippen molar-refractivity contribution in [3.05, 3.63) is 48.0 Å². The highest BCUT2D eigenvalue weighted by Gasteiger charge is 2.42. The lowest BCUT2D eigenvalue weighted by molar-refractivity contribution is -0.139. The summed E-state index contributed by atoms with van der Waals surface area (Å²) in [4.78, 5) is 14.4. The first-order valence-corrected chi connectivity index (χ1v) is 16.1. The summed E-state index contributed by atoms with van der Waals surface area (Å²) in [5.41, 5.74) is 2.06. The van der Waals surface area contributed by atoms with Crippen molar-refractivity contribution in [3.63, 3.8) is 0 Å². The molecule has 2 aromatic carbocycles. The van der Waals surface area contributed by atoms with Gasteiger partial charge in [0, 0.05) is 35.0 Å². The van der Waals surface area contributed by atoms with E-state index in [-0.39, 0.29) is 22.9 Å². The van der Waals surface area contributed by atoms with Crippen molar-refractivity contribution < 1.29 is 22.7 Å². The molecule has 0 aliphatic carbocycles. The first kappa shape index (κ1) is 29.4. The van der Waals surface area contributed by atoms with Crippen LogP contribution in [0.25, 0.3) is 0 Å². The zero-order valence-electron chi connectivity index (χ0n) is 22.6. The molecule has 0 N–H and O–H groups in total. The summed E-state index contributed by atoms with van der Waals surface area (Å²) in [7, 11) is -1.98. The molecule has 1 aliphatic rings. The number of esters is 1. The second kappa shape index (κ2) is 13.6. The van der Waals surface area contributed by atoms with Crippen molar-refractivity contribution in [3.8, 4) is 5.75 Å². The number of anilines is 2. The Hall–Kier alpha value is -2.19. The summed E-state index contributed by atoms with van der Waals surface area (Å²) in [5.74, 6) is 1.14. The van der Waals surface area contributed by atoms with Crippen LogP contribution < -0.4 is 9.64 Å². The lowest BCUT2D eigenvalue weighted by Crippen LogP contribution is -2.38. The van der Waals surface area contributed by atoms with E-state index in [0.717, 1.165) is 49.8 Å². The van der Waals surface area contributed by atoms with Gasteiger partial charge >= 0.3 is 5.97 Å². The molecule has 6 nitrogen and oxygen atoms in total. The zero-order chi connectivity index (χ0) is 26.9. The van der Waals surface area contributed by atoms with Crippen LogP contribution in [0.1, 0.15) is 64.9 Å². The number of thioether (sulfide) groups is 1. The van der Waals surface area contributed by atoms with Gasteiger partial charge in [-0.2, -0.15) is 0 Å². The predicted molar refractivity (Wildman–Crippen MR) is 153 cm³/mol. The lowest BCUT2D eigenvalue weighted by atomic mass is 9.79. The molecule has 0 saturated carbocycles. The number of rotatable bonds is 13. The number of sulfone groups is 1. The molecule has 0 spiro atoms. The van der Waals surface area contributed by atoms with Gasteiger partial charge < -0.3 is 14.4 Å². The van der Waals surface area contributed by atoms with Crippen LogP contribution >= 0.6 is 11.8 Å². The number of methoxy groups -OCH3 is 1. The van der Waals surface area contributed by atoms with E-state index >= 15 is 0 Å². The first-order chi connectivity index (χ1) is 17.8. The van der Waals surface area contributed by atoms with Crippen LogP contribution in [0.15, 0.2) is 47.4 Å². The Morgan fingerprint density at radius 1 is 1.05 bits per heavy atom. The second-order valence-corrected chi connectivity index (χ2v) is 12.8. The number of ether oxygens (including phenoxy) is 2. The average Bonchev–Trinajstić information content (AvgIpc) is 2.98. The fraction of sp³-hybridized carbons (Fsp3) is 0.552. The third-order valence-electron chi connectivity index (χ3n) is 6.95. The van der Waals surface area contributed by atoms with Gasteiger partial charge in [-0.05, 0) is 38.0 Å². The normalized spacial score (nSPS) is 16.1. The molecule has 37 heavy (non-hydrogen) atoms. The Kier molecular flexibility index (Phi) is 10.8. The molecular formula is C29H41NO5S2. The smallest absolute Gasteiger partial charge is 0.315 e. The minimum atomic E-state index is -3.58. The van der Waals surface area contributed by atoms with Crippen LogP contribution in [0.4, 0.5) is 11.4 Å². The molecule has 0 amide bonds. The van der Waals surface area contributed by atoms with E-state index in [2.05, 4.69) is 18.7 Å². The van der Waals surface area contributed by atoms with Gasteiger partial charge in [-0.1, -0.05) is 57.7 Å². The number of hydrogen-bond acceptors (Lipinski definition) is 7. The standard InChI is InChI=1S/C29H41NO5S2/c1-5-8-15-29(16-9-6-2)21-30(24-13-11-10-12-14-24)25-18-26(34-4)23(17-27(25)37(32,33)22-29)19-36-20-28(31)35-7-3/h10-14,17-18H,5-9,15-16,19-22H2,1-4H3. The van der Waals surface area contributed by atoms with E-state index in [0.29, 0.717) is 35.2 Å². The zero-order valence-corrected chi connectivity index (χ0v) is 24.3. The monoisotopic (exact) mass is 547 g/mol. The van der Waals surface area contributed by atoms with Crippen LogP contribution in [0.5, 0.6) is 5.75 Å². The highest BCUT2D eigenvalue weighted by molar-refractivity contribution is 7.99. The molecule has 204 valence electrons. The number of benzene rings is 2. The number of hydrogen-bond donors (Lipinski definition) is 0. The van der Waals surface area contributed by atoms with E-state index in [4.69, 9.17) is 9.47 Å². The number of carbonyl (C=O) groups is 1.